The Morgan fingerprint density at radius 2 is 2.15 bits per heavy atom. The summed E-state index contributed by atoms with van der Waals surface area (Å²) in [6, 6.07) is 0.433. The minimum atomic E-state index is 0.258. The second-order valence-electron chi connectivity index (χ2n) is 4.32. The van der Waals surface area contributed by atoms with Gasteiger partial charge in [0.1, 0.15) is 0 Å². The van der Waals surface area contributed by atoms with Crippen LogP contribution in [-0.4, -0.2) is 25.0 Å². The van der Waals surface area contributed by atoms with Crippen LogP contribution in [0.3, 0.4) is 0 Å². The number of amides is 1. The predicted octanol–water partition coefficient (Wildman–Crippen LogP) is 0.655. The van der Waals surface area contributed by atoms with Gasteiger partial charge in [0.2, 0.25) is 5.91 Å². The maximum Gasteiger partial charge on any atom is 0.220 e. The van der Waals surface area contributed by atoms with E-state index in [0.717, 1.165) is 38.8 Å². The van der Waals surface area contributed by atoms with Crippen LogP contribution < -0.4 is 10.6 Å². The van der Waals surface area contributed by atoms with Gasteiger partial charge >= 0.3 is 0 Å². The summed E-state index contributed by atoms with van der Waals surface area (Å²) in [5.41, 5.74) is 0.289. The molecule has 2 aliphatic rings. The molecule has 2 saturated heterocycles. The van der Waals surface area contributed by atoms with Gasteiger partial charge in [-0.25, -0.2) is 0 Å². The summed E-state index contributed by atoms with van der Waals surface area (Å²) in [6.07, 6.45) is 4.15. The van der Waals surface area contributed by atoms with E-state index in [9.17, 15) is 4.79 Å². The Morgan fingerprint density at radius 1 is 1.46 bits per heavy atom. The molecular weight excluding hydrogens is 164 g/mol. The monoisotopic (exact) mass is 182 g/mol. The van der Waals surface area contributed by atoms with Crippen molar-refractivity contribution in [3.05, 3.63) is 0 Å². The number of carbonyl (C=O) groups excluding carboxylic acids is 1. The second kappa shape index (κ2) is 3.29. The molecular formula is C10H18N2O. The van der Waals surface area contributed by atoms with Crippen molar-refractivity contribution in [2.75, 3.05) is 13.1 Å². The summed E-state index contributed by atoms with van der Waals surface area (Å²) in [5.74, 6) is 0.258. The fourth-order valence-corrected chi connectivity index (χ4v) is 2.83. The molecule has 2 heterocycles. The van der Waals surface area contributed by atoms with Crippen LogP contribution in [0.2, 0.25) is 0 Å². The predicted molar refractivity (Wildman–Crippen MR) is 51.4 cm³/mol. The van der Waals surface area contributed by atoms with E-state index in [0.29, 0.717) is 6.04 Å². The molecule has 0 aromatic carbocycles. The Balaban J connectivity index is 2.13. The van der Waals surface area contributed by atoms with Crippen LogP contribution in [0, 0.1) is 5.41 Å². The maximum atomic E-state index is 11.4. The molecule has 0 aromatic rings. The van der Waals surface area contributed by atoms with Gasteiger partial charge in [0, 0.05) is 17.9 Å². The van der Waals surface area contributed by atoms with E-state index in [2.05, 4.69) is 17.6 Å². The molecule has 2 rings (SSSR count). The Labute approximate surface area is 79.3 Å². The zero-order valence-corrected chi connectivity index (χ0v) is 8.23. The highest BCUT2D eigenvalue weighted by molar-refractivity contribution is 5.80. The molecule has 0 saturated carbocycles. The number of piperidine rings is 1. The van der Waals surface area contributed by atoms with E-state index < -0.39 is 0 Å². The van der Waals surface area contributed by atoms with Gasteiger partial charge in [-0.1, -0.05) is 6.92 Å². The fraction of sp³-hybridized carbons (Fsp3) is 0.900. The van der Waals surface area contributed by atoms with Crippen molar-refractivity contribution in [1.82, 2.24) is 10.6 Å². The van der Waals surface area contributed by atoms with E-state index >= 15 is 0 Å². The highest BCUT2D eigenvalue weighted by Gasteiger charge is 2.45. The van der Waals surface area contributed by atoms with Crippen molar-refractivity contribution in [3.8, 4) is 0 Å². The van der Waals surface area contributed by atoms with Crippen molar-refractivity contribution >= 4 is 5.91 Å². The van der Waals surface area contributed by atoms with Gasteiger partial charge in [0.05, 0.1) is 0 Å². The first kappa shape index (κ1) is 9.00. The Kier molecular flexibility index (Phi) is 2.28. The van der Waals surface area contributed by atoms with Gasteiger partial charge in [0.25, 0.3) is 0 Å². The Morgan fingerprint density at radius 3 is 2.77 bits per heavy atom. The van der Waals surface area contributed by atoms with Crippen molar-refractivity contribution in [1.29, 1.82) is 0 Å². The molecule has 13 heavy (non-hydrogen) atoms. The lowest BCUT2D eigenvalue weighted by molar-refractivity contribution is -0.119. The molecule has 2 fully saturated rings. The SMILES string of the molecule is CCC1NC(=O)CC12CCNCC2. The molecule has 74 valence electrons. The lowest BCUT2D eigenvalue weighted by Crippen LogP contribution is -2.44. The minimum Gasteiger partial charge on any atom is -0.353 e. The molecule has 0 radical (unpaired) electrons. The van der Waals surface area contributed by atoms with Crippen LogP contribution in [0.15, 0.2) is 0 Å². The summed E-state index contributed by atoms with van der Waals surface area (Å²) in [7, 11) is 0. The Hall–Kier alpha value is -0.570. The van der Waals surface area contributed by atoms with E-state index in [1.807, 2.05) is 0 Å². The van der Waals surface area contributed by atoms with Crippen molar-refractivity contribution in [2.45, 2.75) is 38.6 Å². The van der Waals surface area contributed by atoms with Crippen LogP contribution in [0.5, 0.6) is 0 Å². The van der Waals surface area contributed by atoms with Crippen molar-refractivity contribution < 1.29 is 4.79 Å². The number of rotatable bonds is 1. The highest BCUT2D eigenvalue weighted by atomic mass is 16.2. The number of hydrogen-bond donors (Lipinski definition) is 2. The smallest absolute Gasteiger partial charge is 0.220 e. The molecule has 0 bridgehead atoms. The van der Waals surface area contributed by atoms with E-state index in [1.165, 1.54) is 0 Å². The lowest BCUT2D eigenvalue weighted by Gasteiger charge is -2.37. The molecule has 3 nitrogen and oxygen atoms in total. The van der Waals surface area contributed by atoms with Gasteiger partial charge in [-0.2, -0.15) is 0 Å². The van der Waals surface area contributed by atoms with Gasteiger partial charge in [0.15, 0.2) is 0 Å². The molecule has 1 spiro atoms. The molecule has 1 unspecified atom stereocenters. The molecule has 2 aliphatic heterocycles. The van der Waals surface area contributed by atoms with Gasteiger partial charge in [-0.05, 0) is 32.4 Å². The summed E-state index contributed by atoms with van der Waals surface area (Å²) < 4.78 is 0. The average Bonchev–Trinajstić information content (AvgIpc) is 2.43. The first-order chi connectivity index (χ1) is 6.27. The minimum absolute atomic E-state index is 0.258. The molecule has 0 aliphatic carbocycles. The van der Waals surface area contributed by atoms with Crippen LogP contribution in [0.4, 0.5) is 0 Å². The van der Waals surface area contributed by atoms with Gasteiger partial charge in [-0.15, -0.1) is 0 Å². The van der Waals surface area contributed by atoms with E-state index in [-0.39, 0.29) is 11.3 Å². The van der Waals surface area contributed by atoms with Crippen LogP contribution in [0.1, 0.15) is 32.6 Å². The van der Waals surface area contributed by atoms with Gasteiger partial charge < -0.3 is 10.6 Å². The third kappa shape index (κ3) is 1.46. The van der Waals surface area contributed by atoms with Crippen molar-refractivity contribution in [2.24, 2.45) is 5.41 Å². The summed E-state index contributed by atoms with van der Waals surface area (Å²) in [5, 5.41) is 6.45. The van der Waals surface area contributed by atoms with Crippen LogP contribution in [-0.2, 0) is 4.79 Å². The number of carbonyl (C=O) groups is 1. The first-order valence-corrected chi connectivity index (χ1v) is 5.27. The molecule has 2 N–H and O–H groups in total. The van der Waals surface area contributed by atoms with E-state index in [1.54, 1.807) is 0 Å². The van der Waals surface area contributed by atoms with Crippen molar-refractivity contribution in [3.63, 3.8) is 0 Å². The summed E-state index contributed by atoms with van der Waals surface area (Å²) in [6.45, 7) is 4.32. The second-order valence-corrected chi connectivity index (χ2v) is 4.32. The molecule has 1 atom stereocenters. The standard InChI is InChI=1S/C10H18N2O/c1-2-8-10(7-9(13)12-8)3-5-11-6-4-10/h8,11H,2-7H2,1H3,(H,12,13). The average molecular weight is 182 g/mol. The fourth-order valence-electron chi connectivity index (χ4n) is 2.83. The number of nitrogens with one attached hydrogen (secondary N) is 2. The quantitative estimate of drug-likeness (QED) is 0.625. The third-order valence-electron chi connectivity index (χ3n) is 3.59. The maximum absolute atomic E-state index is 11.4. The first-order valence-electron chi connectivity index (χ1n) is 5.27. The lowest BCUT2D eigenvalue weighted by atomic mass is 9.72. The topological polar surface area (TPSA) is 41.1 Å². The van der Waals surface area contributed by atoms with E-state index in [4.69, 9.17) is 0 Å². The van der Waals surface area contributed by atoms with Crippen LogP contribution in [0.25, 0.3) is 0 Å². The Bertz CT molecular complexity index is 209. The normalized spacial score (nSPS) is 32.1. The highest BCUT2D eigenvalue weighted by Crippen LogP contribution is 2.41. The molecule has 3 heteroatoms. The summed E-state index contributed by atoms with van der Waals surface area (Å²) in [4.78, 5) is 11.4. The molecule has 0 aromatic heterocycles. The zero-order valence-electron chi connectivity index (χ0n) is 8.23. The van der Waals surface area contributed by atoms with Crippen LogP contribution >= 0.6 is 0 Å². The third-order valence-corrected chi connectivity index (χ3v) is 3.59. The number of hydrogen-bond acceptors (Lipinski definition) is 2. The largest absolute Gasteiger partial charge is 0.353 e. The molecule has 1 amide bonds. The van der Waals surface area contributed by atoms with Gasteiger partial charge in [-0.3, -0.25) is 4.79 Å². The zero-order chi connectivity index (χ0) is 9.31. The summed E-state index contributed by atoms with van der Waals surface area (Å²) >= 11 is 0.